The third-order valence-electron chi connectivity index (χ3n) is 17.2. The van der Waals surface area contributed by atoms with Gasteiger partial charge >= 0.3 is 0 Å². The Bertz CT molecular complexity index is 2090. The molecular weight excluding hydrogens is 1150 g/mol. The molecule has 6 unspecified atom stereocenters. The standard InChI is InChI=1S/C51H88O6.C21H34O.C9H16O4/c1-4-6-8-10-12-14-16-18-20-22-24-26-28-32-46-34-30-36-50(38-46)56-43-48(52)41-54-40-45(3)55-42-49(53)44-57-51-37-31-35-47(39-51)33-29-27-25-23-21-19-17-15-13-11-9-7-5-2;1-2-3-4-5-6-7-8-9-10-11-12-13-14-16-20-17-15-18-21(22)19-20;1-7(11-4-9-6-13-9)2-10-3-8-5-12-8/h30-31,34-39,45,48-49,52-53H,4-29,32-33,40-44H2,1-3H3;5-6,15,17-19,22H,2-4,7-14,16H2,1H3;7-9H,2-6H2,1H3/b;6-5+;. The van der Waals surface area contributed by atoms with E-state index in [0.29, 0.717) is 44.4 Å². The lowest BCUT2D eigenvalue weighted by atomic mass is 10.0. The maximum absolute atomic E-state index is 10.5. The summed E-state index contributed by atoms with van der Waals surface area (Å²) in [6.45, 7) is 15.5. The Hall–Kier alpha value is -3.52. The van der Waals surface area contributed by atoms with Crippen LogP contribution in [0.15, 0.2) is 84.9 Å². The van der Waals surface area contributed by atoms with Crippen LogP contribution in [-0.4, -0.2) is 118 Å². The molecule has 0 saturated carbocycles. The number of unbranched alkanes of at least 4 members (excludes halogenated alkanes) is 33. The highest BCUT2D eigenvalue weighted by Crippen LogP contribution is 2.22. The van der Waals surface area contributed by atoms with Gasteiger partial charge in [-0.1, -0.05) is 268 Å². The Balaban J connectivity index is 0.000000505. The van der Waals surface area contributed by atoms with Gasteiger partial charge < -0.3 is 53.2 Å². The second kappa shape index (κ2) is 59.9. The summed E-state index contributed by atoms with van der Waals surface area (Å²) < 4.78 is 44.2. The molecular formula is C81H138O11. The van der Waals surface area contributed by atoms with E-state index in [1.54, 1.807) is 6.07 Å². The second-order valence-corrected chi connectivity index (χ2v) is 26.8. The smallest absolute Gasteiger partial charge is 0.119 e. The van der Waals surface area contributed by atoms with Gasteiger partial charge in [-0.25, -0.2) is 0 Å². The van der Waals surface area contributed by atoms with E-state index >= 15 is 0 Å². The lowest BCUT2D eigenvalue weighted by Crippen LogP contribution is -2.29. The molecule has 11 heteroatoms. The molecule has 0 amide bonds. The average molecular weight is 1290 g/mol. The summed E-state index contributed by atoms with van der Waals surface area (Å²) in [5.41, 5.74) is 3.83. The maximum Gasteiger partial charge on any atom is 0.119 e. The number of aliphatic hydroxyl groups excluding tert-OH is 2. The van der Waals surface area contributed by atoms with Crippen LogP contribution >= 0.6 is 0 Å². The average Bonchev–Trinajstić information content (AvgIpc) is 4.74. The number of aliphatic hydroxyl groups is 2. The molecule has 3 aromatic rings. The van der Waals surface area contributed by atoms with Gasteiger partial charge in [0.15, 0.2) is 0 Å². The van der Waals surface area contributed by atoms with Crippen LogP contribution in [0.4, 0.5) is 0 Å². The van der Waals surface area contributed by atoms with Gasteiger partial charge in [-0.2, -0.15) is 0 Å². The monoisotopic (exact) mass is 1290 g/mol. The number of phenols is 1. The quantitative estimate of drug-likeness (QED) is 0.0283. The molecule has 2 aliphatic rings. The van der Waals surface area contributed by atoms with Crippen LogP contribution in [-0.2, 0) is 47.7 Å². The lowest BCUT2D eigenvalue weighted by Gasteiger charge is -2.18. The van der Waals surface area contributed by atoms with E-state index in [1.807, 2.05) is 50.2 Å². The molecule has 6 atom stereocenters. The van der Waals surface area contributed by atoms with E-state index in [-0.39, 0.29) is 38.6 Å². The SMILES string of the molecule is CC(COCC1CO1)OCC1CO1.CCCC/C=C/CCCCCCCCCc1cccc(O)c1.CCCCCCCCCCCCCCCc1cccc(OCC(O)COCC(C)OCC(O)COc2cccc(CCCCCCCCCCCCCCC)c2)c1. The van der Waals surface area contributed by atoms with Gasteiger partial charge in [0.05, 0.1) is 65.1 Å². The van der Waals surface area contributed by atoms with Crippen molar-refractivity contribution in [1.82, 2.24) is 0 Å². The van der Waals surface area contributed by atoms with Crippen LogP contribution in [0.2, 0.25) is 0 Å². The Morgan fingerprint density at radius 2 is 0.750 bits per heavy atom. The van der Waals surface area contributed by atoms with Crippen molar-refractivity contribution in [3.05, 3.63) is 102 Å². The van der Waals surface area contributed by atoms with E-state index in [4.69, 9.17) is 37.9 Å². The van der Waals surface area contributed by atoms with Crippen LogP contribution in [0.1, 0.15) is 289 Å². The summed E-state index contributed by atoms with van der Waals surface area (Å²) in [4.78, 5) is 0. The summed E-state index contributed by atoms with van der Waals surface area (Å²) in [6.07, 6.45) is 57.1. The predicted octanol–water partition coefficient (Wildman–Crippen LogP) is 20.6. The van der Waals surface area contributed by atoms with Gasteiger partial charge in [0.2, 0.25) is 0 Å². The number of benzene rings is 3. The Morgan fingerprint density at radius 3 is 1.18 bits per heavy atom. The first-order valence-electron chi connectivity index (χ1n) is 38.0. The molecule has 11 nitrogen and oxygen atoms in total. The zero-order chi connectivity index (χ0) is 65.8. The summed E-state index contributed by atoms with van der Waals surface area (Å²) in [7, 11) is 0. The molecule has 0 aliphatic carbocycles. The van der Waals surface area contributed by atoms with E-state index in [9.17, 15) is 15.3 Å². The van der Waals surface area contributed by atoms with Crippen LogP contribution in [0.25, 0.3) is 0 Å². The van der Waals surface area contributed by atoms with Crippen molar-refractivity contribution in [2.75, 3.05) is 66.1 Å². The molecule has 0 radical (unpaired) electrons. The third-order valence-corrected chi connectivity index (χ3v) is 17.2. The lowest BCUT2D eigenvalue weighted by molar-refractivity contribution is -0.0643. The van der Waals surface area contributed by atoms with Crippen LogP contribution in [0, 0.1) is 0 Å². The Morgan fingerprint density at radius 1 is 0.391 bits per heavy atom. The molecule has 2 saturated heterocycles. The van der Waals surface area contributed by atoms with Crippen molar-refractivity contribution >= 4 is 0 Å². The fourth-order valence-corrected chi connectivity index (χ4v) is 11.2. The van der Waals surface area contributed by atoms with Gasteiger partial charge in [0, 0.05) is 0 Å². The number of hydrogen-bond donors (Lipinski definition) is 3. The van der Waals surface area contributed by atoms with Crippen LogP contribution < -0.4 is 9.47 Å². The van der Waals surface area contributed by atoms with Gasteiger partial charge in [-0.05, 0) is 125 Å². The number of aromatic hydroxyl groups is 1. The van der Waals surface area contributed by atoms with E-state index in [1.165, 1.54) is 254 Å². The van der Waals surface area contributed by atoms with Crippen molar-refractivity contribution in [3.8, 4) is 17.2 Å². The molecule has 2 aliphatic heterocycles. The summed E-state index contributed by atoms with van der Waals surface area (Å²) in [5.74, 6) is 1.97. The van der Waals surface area contributed by atoms with Crippen molar-refractivity contribution < 1.29 is 53.2 Å². The van der Waals surface area contributed by atoms with Crippen LogP contribution in [0.5, 0.6) is 17.2 Å². The van der Waals surface area contributed by atoms with E-state index < -0.39 is 12.2 Å². The Kier molecular flexibility index (Phi) is 53.9. The zero-order valence-corrected chi connectivity index (χ0v) is 59.5. The van der Waals surface area contributed by atoms with Gasteiger partial charge in [-0.3, -0.25) is 0 Å². The molecule has 0 bridgehead atoms. The fourth-order valence-electron chi connectivity index (χ4n) is 11.2. The molecule has 2 fully saturated rings. The number of phenolic OH excluding ortho intramolecular Hbond substituents is 1. The van der Waals surface area contributed by atoms with Crippen molar-refractivity contribution in [2.45, 2.75) is 328 Å². The van der Waals surface area contributed by atoms with Gasteiger partial charge in [-0.15, -0.1) is 0 Å². The van der Waals surface area contributed by atoms with Gasteiger partial charge in [0.1, 0.15) is 54.9 Å². The van der Waals surface area contributed by atoms with Gasteiger partial charge in [0.25, 0.3) is 0 Å². The minimum absolute atomic E-state index is 0.156. The summed E-state index contributed by atoms with van der Waals surface area (Å²) in [6, 6.07) is 24.1. The molecule has 5 rings (SSSR count). The van der Waals surface area contributed by atoms with Crippen LogP contribution in [0.3, 0.4) is 0 Å². The first-order chi connectivity index (χ1) is 45.2. The Labute approximate surface area is 563 Å². The largest absolute Gasteiger partial charge is 0.508 e. The number of rotatable bonds is 61. The minimum atomic E-state index is -0.739. The highest BCUT2D eigenvalue weighted by molar-refractivity contribution is 5.30. The highest BCUT2D eigenvalue weighted by Gasteiger charge is 2.25. The number of aryl methyl sites for hydroxylation is 3. The number of ether oxygens (including phenoxy) is 8. The number of epoxide rings is 2. The van der Waals surface area contributed by atoms with Crippen molar-refractivity contribution in [1.29, 1.82) is 0 Å². The first-order valence-corrected chi connectivity index (χ1v) is 38.0. The molecule has 3 N–H and O–H groups in total. The molecule has 92 heavy (non-hydrogen) atoms. The maximum atomic E-state index is 10.5. The molecule has 0 aromatic heterocycles. The zero-order valence-electron chi connectivity index (χ0n) is 59.5. The summed E-state index contributed by atoms with van der Waals surface area (Å²) in [5, 5.41) is 30.3. The number of allylic oxidation sites excluding steroid dienone is 2. The van der Waals surface area contributed by atoms with Crippen molar-refractivity contribution in [3.63, 3.8) is 0 Å². The fraction of sp³-hybridized carbons (Fsp3) is 0.753. The van der Waals surface area contributed by atoms with E-state index in [0.717, 1.165) is 44.0 Å². The normalized spacial score (nSPS) is 15.5. The predicted molar refractivity (Wildman–Crippen MR) is 384 cm³/mol. The van der Waals surface area contributed by atoms with Crippen molar-refractivity contribution in [2.24, 2.45) is 0 Å². The first kappa shape index (κ1) is 82.7. The topological polar surface area (TPSA) is 141 Å². The molecule has 2 heterocycles. The summed E-state index contributed by atoms with van der Waals surface area (Å²) >= 11 is 0. The second-order valence-electron chi connectivity index (χ2n) is 26.8. The van der Waals surface area contributed by atoms with E-state index in [2.05, 4.69) is 63.3 Å². The molecule has 0 spiro atoms. The molecule has 3 aromatic carbocycles. The number of hydrogen-bond acceptors (Lipinski definition) is 11. The minimum Gasteiger partial charge on any atom is -0.508 e. The highest BCUT2D eigenvalue weighted by atomic mass is 16.6. The molecule has 528 valence electrons. The third kappa shape index (κ3) is 52.7.